The minimum atomic E-state index is 0.0304. The molecule has 102 valence electrons. The second-order valence-electron chi connectivity index (χ2n) is 5.20. The van der Waals surface area contributed by atoms with Crippen LogP contribution in [-0.4, -0.2) is 45.4 Å². The van der Waals surface area contributed by atoms with Crippen LogP contribution in [0.25, 0.3) is 0 Å². The summed E-state index contributed by atoms with van der Waals surface area (Å²) in [6, 6.07) is 0.242. The second-order valence-corrected chi connectivity index (χ2v) is 5.95. The number of carbonyl (C=O) groups excluding carboxylic acids is 2. The monoisotopic (exact) mass is 280 g/mol. The van der Waals surface area contributed by atoms with Gasteiger partial charge in [-0.05, 0) is 37.2 Å². The van der Waals surface area contributed by atoms with Crippen LogP contribution in [0.2, 0.25) is 0 Å². The van der Waals surface area contributed by atoms with E-state index in [1.54, 1.807) is 0 Å². The molecule has 2 fully saturated rings. The lowest BCUT2D eigenvalue weighted by Gasteiger charge is -2.41. The van der Waals surface area contributed by atoms with Gasteiger partial charge in [-0.3, -0.25) is 9.59 Å². The van der Waals surface area contributed by atoms with Crippen molar-refractivity contribution in [2.45, 2.75) is 32.2 Å². The summed E-state index contributed by atoms with van der Waals surface area (Å²) in [5.41, 5.74) is 0.703. The molecule has 7 heteroatoms. The molecule has 2 aliphatic rings. The van der Waals surface area contributed by atoms with Crippen LogP contribution in [0.5, 0.6) is 0 Å². The summed E-state index contributed by atoms with van der Waals surface area (Å²) in [5, 5.41) is 6.91. The summed E-state index contributed by atoms with van der Waals surface area (Å²) in [4.78, 5) is 26.3. The van der Waals surface area contributed by atoms with Crippen LogP contribution in [0.4, 0.5) is 0 Å². The molecule has 1 N–H and O–H groups in total. The van der Waals surface area contributed by atoms with E-state index in [0.717, 1.165) is 30.9 Å². The van der Waals surface area contributed by atoms with Gasteiger partial charge < -0.3 is 10.2 Å². The van der Waals surface area contributed by atoms with Crippen LogP contribution in [0.15, 0.2) is 0 Å². The molecule has 2 amide bonds. The summed E-state index contributed by atoms with van der Waals surface area (Å²) in [6.45, 7) is 3.23. The van der Waals surface area contributed by atoms with Gasteiger partial charge in [0.1, 0.15) is 4.88 Å². The molecule has 3 heterocycles. The number of hydrogen-bond acceptors (Lipinski definition) is 5. The molecular weight excluding hydrogens is 264 g/mol. The lowest BCUT2D eigenvalue weighted by molar-refractivity contribution is -0.125. The fourth-order valence-electron chi connectivity index (χ4n) is 2.87. The largest absolute Gasteiger partial charge is 0.353 e. The van der Waals surface area contributed by atoms with Crippen molar-refractivity contribution in [3.05, 3.63) is 10.6 Å². The Morgan fingerprint density at radius 2 is 2.32 bits per heavy atom. The summed E-state index contributed by atoms with van der Waals surface area (Å²) < 4.78 is 3.82. The fourth-order valence-corrected chi connectivity index (χ4v) is 3.49. The van der Waals surface area contributed by atoms with E-state index in [9.17, 15) is 9.59 Å². The van der Waals surface area contributed by atoms with Crippen LogP contribution < -0.4 is 5.32 Å². The van der Waals surface area contributed by atoms with Gasteiger partial charge in [-0.1, -0.05) is 4.49 Å². The first-order chi connectivity index (χ1) is 9.15. The van der Waals surface area contributed by atoms with Crippen LogP contribution in [0.1, 0.15) is 34.6 Å². The molecule has 2 saturated heterocycles. The first-order valence-corrected chi connectivity index (χ1v) is 7.30. The predicted molar refractivity (Wildman–Crippen MR) is 69.8 cm³/mol. The first-order valence-electron chi connectivity index (χ1n) is 6.52. The minimum absolute atomic E-state index is 0.0304. The van der Waals surface area contributed by atoms with Gasteiger partial charge in [0, 0.05) is 25.6 Å². The topological polar surface area (TPSA) is 75.2 Å². The molecule has 0 saturated carbocycles. The molecule has 0 aliphatic carbocycles. The van der Waals surface area contributed by atoms with Gasteiger partial charge in [0.2, 0.25) is 5.91 Å². The van der Waals surface area contributed by atoms with Crippen molar-refractivity contribution in [1.29, 1.82) is 0 Å². The van der Waals surface area contributed by atoms with Crippen LogP contribution in [-0.2, 0) is 4.79 Å². The lowest BCUT2D eigenvalue weighted by Crippen LogP contribution is -2.55. The van der Waals surface area contributed by atoms with E-state index in [1.807, 2.05) is 11.8 Å². The Bertz CT molecular complexity index is 516. The second kappa shape index (κ2) is 4.88. The van der Waals surface area contributed by atoms with Crippen molar-refractivity contribution >= 4 is 23.3 Å². The van der Waals surface area contributed by atoms with Crippen molar-refractivity contribution in [2.24, 2.45) is 5.92 Å². The predicted octanol–water partition coefficient (Wildman–Crippen LogP) is 0.587. The summed E-state index contributed by atoms with van der Waals surface area (Å²) >= 11 is 1.16. The van der Waals surface area contributed by atoms with E-state index in [0.29, 0.717) is 29.5 Å². The molecule has 1 aromatic heterocycles. The number of hydrogen-bond donors (Lipinski definition) is 1. The SMILES string of the molecule is Cc1nnsc1C(=O)N1CCC2NC(=O)CCC2C1. The van der Waals surface area contributed by atoms with E-state index < -0.39 is 0 Å². The van der Waals surface area contributed by atoms with Crippen molar-refractivity contribution in [3.8, 4) is 0 Å². The standard InChI is InChI=1S/C12H16N4O2S/c1-7-11(19-15-14-7)12(18)16-5-4-9-8(6-16)2-3-10(17)13-9/h8-9H,2-6H2,1H3,(H,13,17). The zero-order valence-electron chi connectivity index (χ0n) is 10.8. The Morgan fingerprint density at radius 1 is 1.47 bits per heavy atom. The summed E-state index contributed by atoms with van der Waals surface area (Å²) in [6.07, 6.45) is 2.29. The Labute approximate surface area is 115 Å². The number of rotatable bonds is 1. The number of nitrogens with one attached hydrogen (secondary N) is 1. The highest BCUT2D eigenvalue weighted by atomic mass is 32.1. The number of likely N-dealkylation sites (tertiary alicyclic amines) is 1. The minimum Gasteiger partial charge on any atom is -0.353 e. The third-order valence-electron chi connectivity index (χ3n) is 3.96. The van der Waals surface area contributed by atoms with E-state index in [1.165, 1.54) is 0 Å². The maximum Gasteiger partial charge on any atom is 0.267 e. The Hall–Kier alpha value is -1.50. The Kier molecular flexibility index (Phi) is 3.22. The van der Waals surface area contributed by atoms with Gasteiger partial charge in [0.05, 0.1) is 5.69 Å². The highest BCUT2D eigenvalue weighted by Gasteiger charge is 2.36. The van der Waals surface area contributed by atoms with Gasteiger partial charge in [-0.15, -0.1) is 5.10 Å². The first kappa shape index (κ1) is 12.5. The van der Waals surface area contributed by atoms with Gasteiger partial charge in [0.15, 0.2) is 0 Å². The van der Waals surface area contributed by atoms with Crippen molar-refractivity contribution in [3.63, 3.8) is 0 Å². The average Bonchev–Trinajstić information content (AvgIpc) is 2.83. The summed E-state index contributed by atoms with van der Waals surface area (Å²) in [7, 11) is 0. The maximum absolute atomic E-state index is 12.4. The van der Waals surface area contributed by atoms with Crippen molar-refractivity contribution in [2.75, 3.05) is 13.1 Å². The third kappa shape index (κ3) is 2.34. The van der Waals surface area contributed by atoms with Crippen molar-refractivity contribution < 1.29 is 9.59 Å². The number of aromatic nitrogens is 2. The van der Waals surface area contributed by atoms with E-state index >= 15 is 0 Å². The normalized spacial score (nSPS) is 26.8. The summed E-state index contributed by atoms with van der Waals surface area (Å²) in [5.74, 6) is 0.558. The maximum atomic E-state index is 12.4. The fraction of sp³-hybridized carbons (Fsp3) is 0.667. The zero-order valence-corrected chi connectivity index (χ0v) is 11.6. The molecule has 6 nitrogen and oxygen atoms in total. The van der Waals surface area contributed by atoms with E-state index in [2.05, 4.69) is 14.9 Å². The van der Waals surface area contributed by atoms with Gasteiger partial charge in [-0.2, -0.15) is 0 Å². The van der Waals surface area contributed by atoms with Crippen LogP contribution >= 0.6 is 11.5 Å². The molecule has 0 bridgehead atoms. The third-order valence-corrected chi connectivity index (χ3v) is 4.77. The number of nitrogens with zero attached hydrogens (tertiary/aromatic N) is 3. The molecule has 0 spiro atoms. The Morgan fingerprint density at radius 3 is 3.05 bits per heavy atom. The molecule has 2 aliphatic heterocycles. The molecule has 1 aromatic rings. The molecule has 2 unspecified atom stereocenters. The van der Waals surface area contributed by atoms with E-state index in [-0.39, 0.29) is 17.9 Å². The smallest absolute Gasteiger partial charge is 0.267 e. The number of carbonyl (C=O) groups is 2. The van der Waals surface area contributed by atoms with Gasteiger partial charge in [0.25, 0.3) is 5.91 Å². The Balaban J connectivity index is 1.70. The lowest BCUT2D eigenvalue weighted by atomic mass is 9.85. The molecule has 0 aromatic carbocycles. The highest BCUT2D eigenvalue weighted by molar-refractivity contribution is 7.07. The van der Waals surface area contributed by atoms with Gasteiger partial charge >= 0.3 is 0 Å². The van der Waals surface area contributed by atoms with Crippen LogP contribution in [0.3, 0.4) is 0 Å². The number of aryl methyl sites for hydroxylation is 1. The quantitative estimate of drug-likeness (QED) is 0.817. The number of amides is 2. The van der Waals surface area contributed by atoms with E-state index in [4.69, 9.17) is 0 Å². The average molecular weight is 280 g/mol. The highest BCUT2D eigenvalue weighted by Crippen LogP contribution is 2.27. The molecular formula is C12H16N4O2S. The number of piperidine rings is 2. The number of fused-ring (bicyclic) bond motifs is 1. The molecule has 19 heavy (non-hydrogen) atoms. The zero-order chi connectivity index (χ0) is 13.4. The van der Waals surface area contributed by atoms with Gasteiger partial charge in [-0.25, -0.2) is 0 Å². The molecule has 0 radical (unpaired) electrons. The molecule has 2 atom stereocenters. The molecule has 3 rings (SSSR count). The van der Waals surface area contributed by atoms with Crippen LogP contribution in [0, 0.1) is 12.8 Å². The van der Waals surface area contributed by atoms with Crippen molar-refractivity contribution in [1.82, 2.24) is 19.8 Å².